The number of nitrogens with two attached hydrogens (primary N) is 1. The zero-order valence-corrected chi connectivity index (χ0v) is 12.2. The normalized spacial score (nSPS) is 12.2. The van der Waals surface area contributed by atoms with E-state index in [1.165, 1.54) is 6.07 Å². The maximum Gasteiger partial charge on any atom is 0.142 e. The molecule has 2 rings (SSSR count). The molecule has 2 aromatic carbocycles. The highest BCUT2D eigenvalue weighted by molar-refractivity contribution is 6.31. The van der Waals surface area contributed by atoms with Crippen molar-refractivity contribution in [2.75, 3.05) is 6.61 Å². The Morgan fingerprint density at radius 3 is 2.65 bits per heavy atom. The maximum absolute atomic E-state index is 13.3. The van der Waals surface area contributed by atoms with Gasteiger partial charge >= 0.3 is 0 Å². The molecule has 5 heteroatoms. The average molecular weight is 314 g/mol. The molecule has 0 amide bonds. The van der Waals surface area contributed by atoms with Crippen LogP contribution in [0, 0.1) is 5.82 Å². The lowest BCUT2D eigenvalue weighted by Crippen LogP contribution is -2.30. The van der Waals surface area contributed by atoms with Gasteiger partial charge in [0.05, 0.1) is 5.02 Å². The fourth-order valence-electron chi connectivity index (χ4n) is 1.81. The minimum absolute atomic E-state index is 0.116. The summed E-state index contributed by atoms with van der Waals surface area (Å²) in [4.78, 5) is 0. The van der Waals surface area contributed by atoms with E-state index in [1.807, 2.05) is 0 Å². The van der Waals surface area contributed by atoms with Gasteiger partial charge in [-0.1, -0.05) is 41.4 Å². The lowest BCUT2D eigenvalue weighted by atomic mass is 10.1. The van der Waals surface area contributed by atoms with Crippen LogP contribution in [0.15, 0.2) is 42.5 Å². The molecule has 20 heavy (non-hydrogen) atoms. The molecule has 0 bridgehead atoms. The summed E-state index contributed by atoms with van der Waals surface area (Å²) in [6.45, 7) is 0.299. The summed E-state index contributed by atoms with van der Waals surface area (Å²) in [6.07, 6.45) is 0.442. The molecular formula is C15H14Cl2FNO. The summed E-state index contributed by atoms with van der Waals surface area (Å²) in [6, 6.07) is 11.5. The summed E-state index contributed by atoms with van der Waals surface area (Å²) in [5, 5.41) is 0.718. The van der Waals surface area contributed by atoms with Crippen molar-refractivity contribution in [2.24, 2.45) is 5.73 Å². The van der Waals surface area contributed by atoms with E-state index in [9.17, 15) is 4.39 Å². The Kier molecular flexibility index (Phi) is 5.24. The molecule has 0 saturated heterocycles. The van der Waals surface area contributed by atoms with Gasteiger partial charge in [-0.15, -0.1) is 0 Å². The van der Waals surface area contributed by atoms with Crippen molar-refractivity contribution in [3.05, 3.63) is 63.9 Å². The molecule has 1 atom stereocenters. The SMILES string of the molecule is NC(COc1cccc(Cl)c1)Cc1cccc(F)c1Cl. The lowest BCUT2D eigenvalue weighted by molar-refractivity contribution is 0.287. The second-order valence-electron chi connectivity index (χ2n) is 4.45. The van der Waals surface area contributed by atoms with Crippen LogP contribution in [-0.2, 0) is 6.42 Å². The molecule has 0 aromatic heterocycles. The Hall–Kier alpha value is -1.29. The molecule has 0 fully saturated rings. The van der Waals surface area contributed by atoms with Crippen LogP contribution in [-0.4, -0.2) is 12.6 Å². The van der Waals surface area contributed by atoms with Crippen molar-refractivity contribution in [3.8, 4) is 5.75 Å². The van der Waals surface area contributed by atoms with Crippen molar-refractivity contribution < 1.29 is 9.13 Å². The first-order valence-electron chi connectivity index (χ1n) is 6.13. The summed E-state index contributed by atoms with van der Waals surface area (Å²) in [7, 11) is 0. The fraction of sp³-hybridized carbons (Fsp3) is 0.200. The maximum atomic E-state index is 13.3. The van der Waals surface area contributed by atoms with Gasteiger partial charge in [-0.2, -0.15) is 0 Å². The molecule has 2 aromatic rings. The highest BCUT2D eigenvalue weighted by atomic mass is 35.5. The molecule has 2 N–H and O–H groups in total. The first kappa shape index (κ1) is 15.1. The number of rotatable bonds is 5. The van der Waals surface area contributed by atoms with Crippen LogP contribution in [0.4, 0.5) is 4.39 Å². The zero-order valence-electron chi connectivity index (χ0n) is 10.7. The van der Waals surface area contributed by atoms with Crippen LogP contribution in [0.25, 0.3) is 0 Å². The number of benzene rings is 2. The predicted molar refractivity (Wildman–Crippen MR) is 80.0 cm³/mol. The Morgan fingerprint density at radius 1 is 1.15 bits per heavy atom. The Morgan fingerprint density at radius 2 is 1.90 bits per heavy atom. The lowest BCUT2D eigenvalue weighted by Gasteiger charge is -2.14. The van der Waals surface area contributed by atoms with E-state index in [2.05, 4.69) is 0 Å². The predicted octanol–water partition coefficient (Wildman–Crippen LogP) is 4.08. The topological polar surface area (TPSA) is 35.2 Å². The zero-order chi connectivity index (χ0) is 14.5. The average Bonchev–Trinajstić information content (AvgIpc) is 2.42. The fourth-order valence-corrected chi connectivity index (χ4v) is 2.19. The van der Waals surface area contributed by atoms with Crippen molar-refractivity contribution in [1.29, 1.82) is 0 Å². The molecular weight excluding hydrogens is 300 g/mol. The summed E-state index contributed by atoms with van der Waals surface area (Å²) in [5.41, 5.74) is 6.65. The summed E-state index contributed by atoms with van der Waals surface area (Å²) in [5.74, 6) is 0.213. The molecule has 2 nitrogen and oxygen atoms in total. The highest BCUT2D eigenvalue weighted by Gasteiger charge is 2.11. The van der Waals surface area contributed by atoms with Crippen molar-refractivity contribution in [3.63, 3.8) is 0 Å². The van der Waals surface area contributed by atoms with Gasteiger partial charge in [0.25, 0.3) is 0 Å². The molecule has 0 heterocycles. The number of hydrogen-bond acceptors (Lipinski definition) is 2. The molecule has 0 aliphatic heterocycles. The van der Waals surface area contributed by atoms with Crippen molar-refractivity contribution in [1.82, 2.24) is 0 Å². The summed E-state index contributed by atoms with van der Waals surface area (Å²) < 4.78 is 18.9. The molecule has 0 spiro atoms. The highest BCUT2D eigenvalue weighted by Crippen LogP contribution is 2.21. The standard InChI is InChI=1S/C15H14Cl2FNO/c16-11-4-2-5-13(8-11)20-9-12(19)7-10-3-1-6-14(18)15(10)17/h1-6,8,12H,7,9,19H2. The van der Waals surface area contributed by atoms with E-state index in [0.29, 0.717) is 29.4 Å². The minimum atomic E-state index is -0.438. The van der Waals surface area contributed by atoms with Gasteiger partial charge in [-0.3, -0.25) is 0 Å². The van der Waals surface area contributed by atoms with E-state index in [4.69, 9.17) is 33.7 Å². The van der Waals surface area contributed by atoms with Gasteiger partial charge in [-0.25, -0.2) is 4.39 Å². The van der Waals surface area contributed by atoms with E-state index < -0.39 is 5.82 Å². The van der Waals surface area contributed by atoms with Gasteiger partial charge in [0, 0.05) is 11.1 Å². The number of hydrogen-bond donors (Lipinski definition) is 1. The quantitative estimate of drug-likeness (QED) is 0.902. The van der Waals surface area contributed by atoms with Gasteiger partial charge < -0.3 is 10.5 Å². The second kappa shape index (κ2) is 6.93. The van der Waals surface area contributed by atoms with Crippen molar-refractivity contribution in [2.45, 2.75) is 12.5 Å². The van der Waals surface area contributed by atoms with Crippen LogP contribution in [0.1, 0.15) is 5.56 Å². The number of halogens is 3. The minimum Gasteiger partial charge on any atom is -0.492 e. The van der Waals surface area contributed by atoms with Crippen LogP contribution < -0.4 is 10.5 Å². The molecule has 0 radical (unpaired) electrons. The Labute approximate surface area is 127 Å². The monoisotopic (exact) mass is 313 g/mol. The van der Waals surface area contributed by atoms with Gasteiger partial charge in [-0.05, 0) is 36.2 Å². The Balaban J connectivity index is 1.92. The third kappa shape index (κ3) is 4.10. The van der Waals surface area contributed by atoms with Crippen molar-refractivity contribution >= 4 is 23.2 Å². The molecule has 0 saturated carbocycles. The van der Waals surface area contributed by atoms with Crippen LogP contribution in [0.5, 0.6) is 5.75 Å². The molecule has 106 valence electrons. The van der Waals surface area contributed by atoms with Crippen LogP contribution >= 0.6 is 23.2 Å². The van der Waals surface area contributed by atoms with E-state index >= 15 is 0 Å². The van der Waals surface area contributed by atoms with Crippen LogP contribution in [0.2, 0.25) is 10.0 Å². The smallest absolute Gasteiger partial charge is 0.142 e. The van der Waals surface area contributed by atoms with E-state index in [-0.39, 0.29) is 11.1 Å². The molecule has 0 aliphatic carbocycles. The summed E-state index contributed by atoms with van der Waals surface area (Å²) >= 11 is 11.7. The Bertz CT molecular complexity index is 592. The number of ether oxygens (including phenoxy) is 1. The third-order valence-corrected chi connectivity index (χ3v) is 3.43. The van der Waals surface area contributed by atoms with E-state index in [0.717, 1.165) is 0 Å². The molecule has 1 unspecified atom stereocenters. The largest absolute Gasteiger partial charge is 0.492 e. The molecule has 0 aliphatic rings. The first-order valence-corrected chi connectivity index (χ1v) is 6.88. The second-order valence-corrected chi connectivity index (χ2v) is 5.26. The van der Waals surface area contributed by atoms with Gasteiger partial charge in [0.15, 0.2) is 0 Å². The first-order chi connectivity index (χ1) is 9.56. The van der Waals surface area contributed by atoms with E-state index in [1.54, 1.807) is 36.4 Å². The van der Waals surface area contributed by atoms with Gasteiger partial charge in [0.1, 0.15) is 18.2 Å². The van der Waals surface area contributed by atoms with Crippen LogP contribution in [0.3, 0.4) is 0 Å². The third-order valence-electron chi connectivity index (χ3n) is 2.77. The van der Waals surface area contributed by atoms with Gasteiger partial charge in [0.2, 0.25) is 0 Å².